The lowest BCUT2D eigenvalue weighted by molar-refractivity contribution is 0.0903. The molecule has 156 valence electrons. The van der Waals surface area contributed by atoms with Gasteiger partial charge >= 0.3 is 0 Å². The Morgan fingerprint density at radius 2 is 2.03 bits per heavy atom. The maximum atomic E-state index is 12.0. The van der Waals surface area contributed by atoms with E-state index >= 15 is 0 Å². The number of nitrogens with two attached hydrogens (primary N) is 1. The molecule has 0 saturated carbocycles. The van der Waals surface area contributed by atoms with Crippen molar-refractivity contribution in [2.45, 2.75) is 45.6 Å². The largest absolute Gasteiger partial charge is 0.494 e. The van der Waals surface area contributed by atoms with Crippen LogP contribution in [0.3, 0.4) is 0 Å². The number of carbonyl (C=O) groups excluding carboxylic acids is 1. The third-order valence-corrected chi connectivity index (χ3v) is 4.67. The lowest BCUT2D eigenvalue weighted by atomic mass is 10.1. The van der Waals surface area contributed by atoms with E-state index in [2.05, 4.69) is 27.5 Å². The van der Waals surface area contributed by atoms with Gasteiger partial charge in [0.1, 0.15) is 5.75 Å². The lowest BCUT2D eigenvalue weighted by Gasteiger charge is -2.25. The second-order valence-corrected chi connectivity index (χ2v) is 6.97. The van der Waals surface area contributed by atoms with Crippen molar-refractivity contribution in [3.8, 4) is 5.75 Å². The molecule has 4 N–H and O–H groups in total. The summed E-state index contributed by atoms with van der Waals surface area (Å²) < 4.78 is 11.1. The van der Waals surface area contributed by atoms with Crippen LogP contribution in [-0.2, 0) is 11.2 Å². The van der Waals surface area contributed by atoms with Gasteiger partial charge in [-0.1, -0.05) is 19.9 Å². The first-order chi connectivity index (χ1) is 14.1. The minimum absolute atomic E-state index is 0.124. The highest BCUT2D eigenvalue weighted by Crippen LogP contribution is 2.26. The molecule has 1 aliphatic heterocycles. The zero-order valence-electron chi connectivity index (χ0n) is 17.0. The highest BCUT2D eigenvalue weighted by Gasteiger charge is 2.20. The van der Waals surface area contributed by atoms with Crippen LogP contribution in [0.1, 0.15) is 49.3 Å². The topological polar surface area (TPSA) is 111 Å². The van der Waals surface area contributed by atoms with Gasteiger partial charge in [-0.2, -0.15) is 0 Å². The van der Waals surface area contributed by atoms with E-state index in [0.29, 0.717) is 24.7 Å². The van der Waals surface area contributed by atoms with E-state index in [1.54, 1.807) is 0 Å². The maximum Gasteiger partial charge on any atom is 0.271 e. The monoisotopic (exact) mass is 399 g/mol. The van der Waals surface area contributed by atoms with Gasteiger partial charge in [0.05, 0.1) is 12.3 Å². The number of rotatable bonds is 9. The van der Waals surface area contributed by atoms with Gasteiger partial charge in [-0.05, 0) is 37.8 Å². The number of anilines is 3. The van der Waals surface area contributed by atoms with Gasteiger partial charge in [0, 0.05) is 31.0 Å². The highest BCUT2D eigenvalue weighted by molar-refractivity contribution is 5.96. The third-order valence-electron chi connectivity index (χ3n) is 4.67. The molecule has 1 aliphatic rings. The molecule has 2 heterocycles. The van der Waals surface area contributed by atoms with Crippen molar-refractivity contribution in [3.63, 3.8) is 0 Å². The quantitative estimate of drug-likeness (QED) is 0.593. The molecule has 29 heavy (non-hydrogen) atoms. The summed E-state index contributed by atoms with van der Waals surface area (Å²) in [6, 6.07) is 7.78. The number of hydrogen-bond donors (Lipinski definition) is 3. The molecule has 0 unspecified atom stereocenters. The van der Waals surface area contributed by atoms with Crippen molar-refractivity contribution >= 4 is 23.2 Å². The van der Waals surface area contributed by atoms with Gasteiger partial charge in [-0.25, -0.2) is 9.97 Å². The fourth-order valence-corrected chi connectivity index (χ4v) is 3.15. The molecular weight excluding hydrogens is 370 g/mol. The molecule has 0 radical (unpaired) electrons. The summed E-state index contributed by atoms with van der Waals surface area (Å²) in [6.07, 6.45) is 3.37. The molecule has 1 saturated heterocycles. The molecule has 1 fully saturated rings. The molecule has 0 spiro atoms. The molecule has 2 aromatic rings. The van der Waals surface area contributed by atoms with E-state index in [-0.39, 0.29) is 11.7 Å². The smallest absolute Gasteiger partial charge is 0.271 e. The van der Waals surface area contributed by atoms with Gasteiger partial charge < -0.3 is 25.8 Å². The molecular formula is C21H29N5O3. The molecule has 0 atom stereocenters. The molecule has 0 bridgehead atoms. The lowest BCUT2D eigenvalue weighted by Crippen LogP contribution is -2.29. The van der Waals surface area contributed by atoms with Crippen molar-refractivity contribution in [2.75, 3.05) is 30.5 Å². The van der Waals surface area contributed by atoms with Gasteiger partial charge in [0.2, 0.25) is 0 Å². The van der Waals surface area contributed by atoms with Crippen LogP contribution in [0.15, 0.2) is 24.3 Å². The van der Waals surface area contributed by atoms with E-state index in [1.807, 2.05) is 31.2 Å². The first kappa shape index (κ1) is 20.9. The van der Waals surface area contributed by atoms with Crippen molar-refractivity contribution in [3.05, 3.63) is 35.7 Å². The van der Waals surface area contributed by atoms with Gasteiger partial charge in [0.25, 0.3) is 5.91 Å². The first-order valence-corrected chi connectivity index (χ1v) is 10.2. The Morgan fingerprint density at radius 3 is 2.72 bits per heavy atom. The Hall–Kier alpha value is -2.87. The number of primary amides is 1. The predicted molar refractivity (Wildman–Crippen MR) is 113 cm³/mol. The second-order valence-electron chi connectivity index (χ2n) is 6.97. The van der Waals surface area contributed by atoms with E-state index in [0.717, 1.165) is 49.6 Å². The summed E-state index contributed by atoms with van der Waals surface area (Å²) in [5.74, 6) is 1.13. The number of ether oxygens (including phenoxy) is 2. The maximum absolute atomic E-state index is 12.0. The summed E-state index contributed by atoms with van der Waals surface area (Å²) in [5.41, 5.74) is 7.17. The summed E-state index contributed by atoms with van der Waals surface area (Å²) in [7, 11) is 0. The molecule has 8 heteroatoms. The number of aromatic nitrogens is 2. The fraction of sp³-hybridized carbons (Fsp3) is 0.476. The molecule has 1 amide bonds. The van der Waals surface area contributed by atoms with E-state index in [9.17, 15) is 4.79 Å². The Balaban J connectivity index is 1.89. The van der Waals surface area contributed by atoms with E-state index in [1.165, 1.54) is 0 Å². The number of carbonyl (C=O) groups is 1. The number of nitrogens with zero attached hydrogens (tertiary/aromatic N) is 2. The molecule has 0 aliphatic carbocycles. The fourth-order valence-electron chi connectivity index (χ4n) is 3.15. The highest BCUT2D eigenvalue weighted by atomic mass is 16.5. The van der Waals surface area contributed by atoms with Crippen LogP contribution < -0.4 is 21.1 Å². The number of aryl methyl sites for hydroxylation is 1. The summed E-state index contributed by atoms with van der Waals surface area (Å²) in [5, 5.41) is 6.64. The minimum atomic E-state index is -0.620. The SMILES string of the molecule is CCCOc1cccc(Nc2nc(NC3CCOCC3)c(CC)nc2C(N)=O)c1. The van der Waals surface area contributed by atoms with Crippen molar-refractivity contribution in [1.82, 2.24) is 9.97 Å². The second kappa shape index (κ2) is 10.1. The normalized spacial score (nSPS) is 14.4. The van der Waals surface area contributed by atoms with Crippen LogP contribution in [0.25, 0.3) is 0 Å². The Bertz CT molecular complexity index is 837. The van der Waals surface area contributed by atoms with Crippen molar-refractivity contribution in [2.24, 2.45) is 5.73 Å². The standard InChI is InChI=1S/C21H29N5O3/c1-3-10-29-16-7-5-6-15(13-16)24-21-18(19(22)27)25-17(4-2)20(26-21)23-14-8-11-28-12-9-14/h5-7,13-14H,3-4,8-12H2,1-2H3,(H2,22,27)(H2,23,24,26). The summed E-state index contributed by atoms with van der Waals surface area (Å²) in [4.78, 5) is 21.2. The first-order valence-electron chi connectivity index (χ1n) is 10.2. The average molecular weight is 399 g/mol. The van der Waals surface area contributed by atoms with Crippen LogP contribution in [0.4, 0.5) is 17.3 Å². The number of hydrogen-bond acceptors (Lipinski definition) is 7. The average Bonchev–Trinajstić information content (AvgIpc) is 2.73. The number of benzene rings is 1. The van der Waals surface area contributed by atoms with Crippen LogP contribution in [0.2, 0.25) is 0 Å². The van der Waals surface area contributed by atoms with Crippen molar-refractivity contribution < 1.29 is 14.3 Å². The molecule has 8 nitrogen and oxygen atoms in total. The summed E-state index contributed by atoms with van der Waals surface area (Å²) in [6.45, 7) is 6.12. The number of amides is 1. The molecule has 1 aromatic carbocycles. The Morgan fingerprint density at radius 1 is 1.24 bits per heavy atom. The zero-order valence-corrected chi connectivity index (χ0v) is 17.0. The van der Waals surface area contributed by atoms with Crippen LogP contribution in [-0.4, -0.2) is 41.7 Å². The summed E-state index contributed by atoms with van der Waals surface area (Å²) >= 11 is 0. The van der Waals surface area contributed by atoms with Crippen LogP contribution in [0.5, 0.6) is 5.75 Å². The zero-order chi connectivity index (χ0) is 20.6. The molecule has 3 rings (SSSR count). The third kappa shape index (κ3) is 5.57. The van der Waals surface area contributed by atoms with Gasteiger partial charge in [0.15, 0.2) is 17.3 Å². The van der Waals surface area contributed by atoms with Crippen LogP contribution in [0, 0.1) is 0 Å². The number of nitrogens with one attached hydrogen (secondary N) is 2. The van der Waals surface area contributed by atoms with Gasteiger partial charge in [-0.15, -0.1) is 0 Å². The van der Waals surface area contributed by atoms with Gasteiger partial charge in [-0.3, -0.25) is 4.79 Å². The minimum Gasteiger partial charge on any atom is -0.494 e. The van der Waals surface area contributed by atoms with E-state index in [4.69, 9.17) is 15.2 Å². The van der Waals surface area contributed by atoms with E-state index < -0.39 is 5.91 Å². The Kier molecular flexibility index (Phi) is 7.24. The predicted octanol–water partition coefficient (Wildman–Crippen LogP) is 3.26. The van der Waals surface area contributed by atoms with Crippen LogP contribution >= 0.6 is 0 Å². The van der Waals surface area contributed by atoms with Crippen molar-refractivity contribution in [1.29, 1.82) is 0 Å². The Labute approximate surface area is 171 Å². The molecule has 1 aromatic heterocycles.